The van der Waals surface area contributed by atoms with Gasteiger partial charge in [0.25, 0.3) is 0 Å². The molecule has 4 aromatic rings. The lowest BCUT2D eigenvalue weighted by Gasteiger charge is -2.11. The van der Waals surface area contributed by atoms with E-state index in [4.69, 9.17) is 11.6 Å². The normalized spacial score (nSPS) is 11.6. The van der Waals surface area contributed by atoms with Gasteiger partial charge in [0.1, 0.15) is 5.82 Å². The van der Waals surface area contributed by atoms with Crippen molar-refractivity contribution in [1.29, 1.82) is 0 Å². The Hall–Kier alpha value is -3.19. The molecule has 0 aliphatic heterocycles. The molecule has 0 bridgehead atoms. The van der Waals surface area contributed by atoms with E-state index >= 15 is 0 Å². The lowest BCUT2D eigenvalue weighted by molar-refractivity contribution is -0.137. The Morgan fingerprint density at radius 1 is 0.966 bits per heavy atom. The summed E-state index contributed by atoms with van der Waals surface area (Å²) in [7, 11) is 0. The fourth-order valence-corrected chi connectivity index (χ4v) is 3.13. The summed E-state index contributed by atoms with van der Waals surface area (Å²) in [5.41, 5.74) is 2.91. The molecule has 29 heavy (non-hydrogen) atoms. The number of hydrogen-bond donors (Lipinski definition) is 1. The summed E-state index contributed by atoms with van der Waals surface area (Å²) in [5, 5.41) is 4.38. The third-order valence-corrected chi connectivity index (χ3v) is 4.66. The lowest BCUT2D eigenvalue weighted by atomic mass is 10.1. The van der Waals surface area contributed by atoms with Gasteiger partial charge in [-0.25, -0.2) is 4.98 Å². The van der Waals surface area contributed by atoms with E-state index in [9.17, 15) is 13.2 Å². The first-order valence-corrected chi connectivity index (χ1v) is 9.01. The molecule has 4 rings (SSSR count). The average Bonchev–Trinajstić information content (AvgIpc) is 2.69. The topological polar surface area (TPSA) is 50.7 Å². The molecule has 1 N–H and O–H groups in total. The summed E-state index contributed by atoms with van der Waals surface area (Å²) >= 11 is 6.28. The van der Waals surface area contributed by atoms with Crippen LogP contribution in [0.4, 0.5) is 24.7 Å². The summed E-state index contributed by atoms with van der Waals surface area (Å²) in [4.78, 5) is 12.7. The van der Waals surface area contributed by atoms with E-state index in [1.165, 1.54) is 6.07 Å². The van der Waals surface area contributed by atoms with E-state index in [0.29, 0.717) is 27.7 Å². The first-order chi connectivity index (χ1) is 13.8. The molecule has 0 fully saturated rings. The van der Waals surface area contributed by atoms with Gasteiger partial charge < -0.3 is 5.32 Å². The molecule has 0 atom stereocenters. The second-order valence-electron chi connectivity index (χ2n) is 6.43. The van der Waals surface area contributed by atoms with Gasteiger partial charge in [0.2, 0.25) is 0 Å². The molecular formula is C21H14ClF3N4. The monoisotopic (exact) mass is 414 g/mol. The highest BCUT2D eigenvalue weighted by atomic mass is 35.5. The van der Waals surface area contributed by atoms with Crippen LogP contribution in [0.1, 0.15) is 11.3 Å². The molecule has 3 aromatic heterocycles. The Balaban J connectivity index is 1.69. The Kier molecular flexibility index (Phi) is 4.84. The molecule has 146 valence electrons. The lowest BCUT2D eigenvalue weighted by Crippen LogP contribution is -2.05. The molecule has 3 heterocycles. The van der Waals surface area contributed by atoms with Gasteiger partial charge in [-0.2, -0.15) is 13.2 Å². The summed E-state index contributed by atoms with van der Waals surface area (Å²) in [6, 6.07) is 13.3. The summed E-state index contributed by atoms with van der Waals surface area (Å²) in [6.07, 6.45) is -2.00. The highest BCUT2D eigenvalue weighted by Gasteiger charge is 2.30. The van der Waals surface area contributed by atoms with Crippen LogP contribution in [0.15, 0.2) is 60.9 Å². The van der Waals surface area contributed by atoms with Gasteiger partial charge in [-0.3, -0.25) is 9.97 Å². The minimum atomic E-state index is -4.42. The van der Waals surface area contributed by atoms with Crippen LogP contribution in [0.25, 0.3) is 22.2 Å². The number of alkyl halides is 3. The largest absolute Gasteiger partial charge is 0.417 e. The zero-order valence-electron chi connectivity index (χ0n) is 15.1. The van der Waals surface area contributed by atoms with Gasteiger partial charge in [0.15, 0.2) is 0 Å². The van der Waals surface area contributed by atoms with Crippen LogP contribution < -0.4 is 5.32 Å². The Morgan fingerprint density at radius 3 is 2.52 bits per heavy atom. The second kappa shape index (κ2) is 7.33. The molecule has 0 radical (unpaired) electrons. The molecular weight excluding hydrogens is 401 g/mol. The molecule has 0 saturated heterocycles. The zero-order chi connectivity index (χ0) is 20.6. The minimum Gasteiger partial charge on any atom is -0.340 e. The predicted octanol–water partition coefficient (Wildman–Crippen LogP) is 6.42. The maximum atomic E-state index is 12.7. The fraction of sp³-hybridized carbons (Fsp3) is 0.0952. The first-order valence-electron chi connectivity index (χ1n) is 8.64. The van der Waals surface area contributed by atoms with E-state index in [-0.39, 0.29) is 0 Å². The van der Waals surface area contributed by atoms with Crippen LogP contribution >= 0.6 is 11.6 Å². The average molecular weight is 415 g/mol. The van der Waals surface area contributed by atoms with Gasteiger partial charge in [-0.1, -0.05) is 23.7 Å². The molecule has 8 heteroatoms. The number of pyridine rings is 3. The maximum Gasteiger partial charge on any atom is 0.417 e. The summed E-state index contributed by atoms with van der Waals surface area (Å²) in [6.45, 7) is 1.89. The van der Waals surface area contributed by atoms with Crippen molar-refractivity contribution in [3.8, 4) is 11.3 Å². The van der Waals surface area contributed by atoms with Crippen molar-refractivity contribution in [3.63, 3.8) is 0 Å². The number of hydrogen-bond acceptors (Lipinski definition) is 4. The molecule has 1 aromatic carbocycles. The van der Waals surface area contributed by atoms with Gasteiger partial charge in [-0.15, -0.1) is 0 Å². The van der Waals surface area contributed by atoms with Crippen LogP contribution in [-0.2, 0) is 6.18 Å². The van der Waals surface area contributed by atoms with Crippen molar-refractivity contribution in [1.82, 2.24) is 15.0 Å². The van der Waals surface area contributed by atoms with Crippen LogP contribution in [0.2, 0.25) is 5.02 Å². The molecule has 0 spiro atoms. The molecule has 0 amide bonds. The van der Waals surface area contributed by atoms with Crippen LogP contribution in [0.5, 0.6) is 0 Å². The number of nitrogens with zero attached hydrogens (tertiary/aromatic N) is 3. The number of aryl methyl sites for hydroxylation is 1. The van der Waals surface area contributed by atoms with Crippen molar-refractivity contribution in [2.45, 2.75) is 13.1 Å². The molecule has 0 saturated carbocycles. The van der Waals surface area contributed by atoms with Crippen molar-refractivity contribution >= 4 is 34.0 Å². The van der Waals surface area contributed by atoms with Gasteiger partial charge in [-0.05, 0) is 43.3 Å². The van der Waals surface area contributed by atoms with E-state index in [2.05, 4.69) is 20.3 Å². The SMILES string of the molecule is Cc1ccc(Cl)c(-c2ccc3c(Nc4ccc(C(F)(F)F)cn4)ccnc3c2)n1. The Morgan fingerprint density at radius 2 is 1.79 bits per heavy atom. The van der Waals surface area contributed by atoms with Crippen LogP contribution in [-0.4, -0.2) is 15.0 Å². The second-order valence-corrected chi connectivity index (χ2v) is 6.84. The quantitative estimate of drug-likeness (QED) is 0.420. The number of nitrogens with one attached hydrogen (secondary N) is 1. The fourth-order valence-electron chi connectivity index (χ4n) is 2.92. The van der Waals surface area contributed by atoms with Crippen molar-refractivity contribution < 1.29 is 13.2 Å². The minimum absolute atomic E-state index is 0.304. The number of rotatable bonds is 3. The van der Waals surface area contributed by atoms with Crippen molar-refractivity contribution in [2.24, 2.45) is 0 Å². The van der Waals surface area contributed by atoms with E-state index in [1.807, 2.05) is 31.2 Å². The highest BCUT2D eigenvalue weighted by Crippen LogP contribution is 2.32. The Labute approximate surface area is 169 Å². The third-order valence-electron chi connectivity index (χ3n) is 4.35. The number of fused-ring (bicyclic) bond motifs is 1. The summed E-state index contributed by atoms with van der Waals surface area (Å²) in [5.74, 6) is 0.304. The molecule has 4 nitrogen and oxygen atoms in total. The zero-order valence-corrected chi connectivity index (χ0v) is 15.9. The predicted molar refractivity (Wildman–Crippen MR) is 107 cm³/mol. The van der Waals surface area contributed by atoms with Gasteiger partial charge in [0.05, 0.1) is 27.5 Å². The first kappa shape index (κ1) is 19.1. The number of halogens is 4. The van der Waals surface area contributed by atoms with Gasteiger partial charge >= 0.3 is 6.18 Å². The van der Waals surface area contributed by atoms with E-state index in [1.54, 1.807) is 18.3 Å². The van der Waals surface area contributed by atoms with Crippen molar-refractivity contribution in [3.05, 3.63) is 77.2 Å². The van der Waals surface area contributed by atoms with Crippen LogP contribution in [0.3, 0.4) is 0 Å². The molecule has 0 aliphatic rings. The third kappa shape index (κ3) is 4.00. The number of benzene rings is 1. The summed E-state index contributed by atoms with van der Waals surface area (Å²) < 4.78 is 38.1. The standard InChI is InChI=1S/C21H14ClF3N4/c1-12-2-6-16(22)20(28-12)13-3-5-15-17(8-9-26-18(15)10-13)29-19-7-4-14(11-27-19)21(23,24)25/h2-11H,1H3,(H,26,27,29). The molecule has 0 aliphatic carbocycles. The maximum absolute atomic E-state index is 12.7. The van der Waals surface area contributed by atoms with Gasteiger partial charge in [0, 0.05) is 29.0 Å². The number of aromatic nitrogens is 3. The Bertz CT molecular complexity index is 1190. The molecule has 0 unspecified atom stereocenters. The number of anilines is 2. The van der Waals surface area contributed by atoms with E-state index in [0.717, 1.165) is 28.9 Å². The van der Waals surface area contributed by atoms with Crippen molar-refractivity contribution in [2.75, 3.05) is 5.32 Å². The van der Waals surface area contributed by atoms with E-state index < -0.39 is 11.7 Å². The van der Waals surface area contributed by atoms with Crippen LogP contribution in [0, 0.1) is 6.92 Å². The highest BCUT2D eigenvalue weighted by molar-refractivity contribution is 6.33. The smallest absolute Gasteiger partial charge is 0.340 e.